The predicted octanol–water partition coefficient (Wildman–Crippen LogP) is 3.85. The quantitative estimate of drug-likeness (QED) is 0.201. The van der Waals surface area contributed by atoms with Crippen molar-refractivity contribution >= 4 is 45.3 Å². The van der Waals surface area contributed by atoms with Crippen LogP contribution < -0.4 is 14.8 Å². The molecule has 1 aromatic heterocycles. The van der Waals surface area contributed by atoms with Crippen molar-refractivity contribution < 1.29 is 32.4 Å². The van der Waals surface area contributed by atoms with Crippen molar-refractivity contribution in [2.45, 2.75) is 75.8 Å². The predicted molar refractivity (Wildman–Crippen MR) is 172 cm³/mol. The summed E-state index contributed by atoms with van der Waals surface area (Å²) in [6, 6.07) is 8.71. The molecule has 2 aliphatic carbocycles. The van der Waals surface area contributed by atoms with Crippen LogP contribution in [0.2, 0.25) is 0 Å². The van der Waals surface area contributed by atoms with E-state index in [9.17, 15) is 22.8 Å². The van der Waals surface area contributed by atoms with E-state index in [1.807, 2.05) is 56.5 Å². The second-order valence-corrected chi connectivity index (χ2v) is 16.0. The third kappa shape index (κ3) is 7.41. The SMILES string of the molecule is C=C[C@@H]1C[C@@]1(NC(=O)C1CC(O/N=C/c2cc(OC)ccc2-c2cccs2)CN1C(=O)CC(C)(C)C)C(=O)NS(=O)(=O)C1CC1. The molecular formula is C32H40N4O7S2. The average molecular weight is 657 g/mol. The number of thiophene rings is 1. The average Bonchev–Trinajstić information content (AvgIpc) is 3.85. The van der Waals surface area contributed by atoms with Crippen LogP contribution in [0.15, 0.2) is 53.5 Å². The van der Waals surface area contributed by atoms with E-state index in [-0.39, 0.29) is 37.1 Å². The van der Waals surface area contributed by atoms with Crippen LogP contribution in [0, 0.1) is 11.3 Å². The lowest BCUT2D eigenvalue weighted by Gasteiger charge is -2.28. The number of rotatable bonds is 12. The smallest absolute Gasteiger partial charge is 0.259 e. The van der Waals surface area contributed by atoms with E-state index in [4.69, 9.17) is 9.57 Å². The first-order chi connectivity index (χ1) is 21.3. The van der Waals surface area contributed by atoms with Crippen LogP contribution in [0.3, 0.4) is 0 Å². The molecular weight excluding hydrogens is 617 g/mol. The van der Waals surface area contributed by atoms with Gasteiger partial charge in [0.25, 0.3) is 5.91 Å². The molecule has 2 heterocycles. The lowest BCUT2D eigenvalue weighted by atomic mass is 9.91. The molecule has 13 heteroatoms. The van der Waals surface area contributed by atoms with Gasteiger partial charge in [-0.3, -0.25) is 19.1 Å². The van der Waals surface area contributed by atoms with Gasteiger partial charge in [-0.25, -0.2) is 8.42 Å². The van der Waals surface area contributed by atoms with E-state index in [0.29, 0.717) is 18.6 Å². The molecule has 3 fully saturated rings. The van der Waals surface area contributed by atoms with Crippen LogP contribution in [-0.4, -0.2) is 73.8 Å². The second-order valence-electron chi connectivity index (χ2n) is 13.1. The number of ether oxygens (including phenoxy) is 1. The van der Waals surface area contributed by atoms with Crippen molar-refractivity contribution in [2.75, 3.05) is 13.7 Å². The zero-order chi connectivity index (χ0) is 32.6. The fourth-order valence-corrected chi connectivity index (χ4v) is 7.71. The molecule has 1 aliphatic heterocycles. The number of carbonyl (C=O) groups is 3. The largest absolute Gasteiger partial charge is 0.497 e. The van der Waals surface area contributed by atoms with Crippen LogP contribution in [0.5, 0.6) is 5.75 Å². The molecule has 3 aliphatic rings. The highest BCUT2D eigenvalue weighted by Crippen LogP contribution is 2.45. The number of nitrogens with zero attached hydrogens (tertiary/aromatic N) is 2. The summed E-state index contributed by atoms with van der Waals surface area (Å²) in [4.78, 5) is 48.8. The highest BCUT2D eigenvalue weighted by atomic mass is 32.2. The molecule has 45 heavy (non-hydrogen) atoms. The molecule has 2 aromatic rings. The van der Waals surface area contributed by atoms with Gasteiger partial charge in [0.15, 0.2) is 0 Å². The summed E-state index contributed by atoms with van der Waals surface area (Å²) in [6.45, 7) is 9.68. The van der Waals surface area contributed by atoms with Gasteiger partial charge in [-0.1, -0.05) is 38.1 Å². The van der Waals surface area contributed by atoms with Gasteiger partial charge in [0.2, 0.25) is 21.8 Å². The molecule has 242 valence electrons. The van der Waals surface area contributed by atoms with Gasteiger partial charge in [0, 0.05) is 34.8 Å². The molecule has 1 aromatic carbocycles. The highest BCUT2D eigenvalue weighted by Gasteiger charge is 2.62. The van der Waals surface area contributed by atoms with Crippen molar-refractivity contribution in [1.82, 2.24) is 14.9 Å². The maximum absolute atomic E-state index is 13.8. The van der Waals surface area contributed by atoms with Gasteiger partial charge in [0.05, 0.1) is 25.1 Å². The molecule has 2 saturated carbocycles. The Labute approximate surface area is 268 Å². The maximum Gasteiger partial charge on any atom is 0.259 e. The normalized spacial score (nSPS) is 24.7. The van der Waals surface area contributed by atoms with Gasteiger partial charge >= 0.3 is 0 Å². The van der Waals surface area contributed by atoms with E-state index < -0.39 is 50.7 Å². The Morgan fingerprint density at radius 3 is 2.58 bits per heavy atom. The summed E-state index contributed by atoms with van der Waals surface area (Å²) in [7, 11) is -2.23. The first-order valence-corrected chi connectivity index (χ1v) is 17.4. The summed E-state index contributed by atoms with van der Waals surface area (Å²) in [6.07, 6.45) is 4.08. The van der Waals surface area contributed by atoms with E-state index in [2.05, 4.69) is 21.8 Å². The van der Waals surface area contributed by atoms with Crippen LogP contribution >= 0.6 is 11.3 Å². The van der Waals surface area contributed by atoms with Crippen molar-refractivity contribution in [3.05, 3.63) is 53.9 Å². The Kier molecular flexibility index (Phi) is 9.14. The molecule has 4 atom stereocenters. The van der Waals surface area contributed by atoms with Crippen molar-refractivity contribution in [3.8, 4) is 16.2 Å². The van der Waals surface area contributed by atoms with Gasteiger partial charge in [-0.15, -0.1) is 17.9 Å². The molecule has 2 N–H and O–H groups in total. The summed E-state index contributed by atoms with van der Waals surface area (Å²) >= 11 is 1.59. The number of methoxy groups -OCH3 is 1. The number of nitrogens with one attached hydrogen (secondary N) is 2. The zero-order valence-corrected chi connectivity index (χ0v) is 27.6. The molecule has 3 amide bonds. The highest BCUT2D eigenvalue weighted by molar-refractivity contribution is 7.91. The molecule has 0 spiro atoms. The number of sulfonamides is 1. The topological polar surface area (TPSA) is 143 Å². The van der Waals surface area contributed by atoms with Crippen LogP contribution in [0.4, 0.5) is 0 Å². The Balaban J connectivity index is 1.33. The van der Waals surface area contributed by atoms with Crippen molar-refractivity contribution in [3.63, 3.8) is 0 Å². The van der Waals surface area contributed by atoms with Gasteiger partial charge in [-0.2, -0.15) is 0 Å². The third-order valence-electron chi connectivity index (χ3n) is 8.26. The lowest BCUT2D eigenvalue weighted by Crippen LogP contribution is -2.56. The van der Waals surface area contributed by atoms with Crippen LogP contribution in [-0.2, 0) is 29.2 Å². The lowest BCUT2D eigenvalue weighted by molar-refractivity contribution is -0.141. The number of hydrogen-bond donors (Lipinski definition) is 2. The minimum atomic E-state index is -3.82. The molecule has 11 nitrogen and oxygen atoms in total. The zero-order valence-electron chi connectivity index (χ0n) is 25.9. The van der Waals surface area contributed by atoms with Crippen LogP contribution in [0.1, 0.15) is 58.4 Å². The van der Waals surface area contributed by atoms with E-state index in [1.54, 1.807) is 24.7 Å². The van der Waals surface area contributed by atoms with Gasteiger partial charge in [0.1, 0.15) is 23.4 Å². The van der Waals surface area contributed by atoms with E-state index >= 15 is 0 Å². The minimum Gasteiger partial charge on any atom is -0.497 e. The fourth-order valence-electron chi connectivity index (χ4n) is 5.58. The summed E-state index contributed by atoms with van der Waals surface area (Å²) in [5.74, 6) is -1.34. The third-order valence-corrected chi connectivity index (χ3v) is 11.0. The Bertz CT molecular complexity index is 1600. The van der Waals surface area contributed by atoms with E-state index in [0.717, 1.165) is 16.0 Å². The summed E-state index contributed by atoms with van der Waals surface area (Å²) in [5.41, 5.74) is -0.0377. The Morgan fingerprint density at radius 2 is 1.98 bits per heavy atom. The standard InChI is InChI=1S/C32H40N4O7S2/c1-6-21-16-32(21,30(39)35-45(40,41)24-10-11-24)34-29(38)26-15-23(19-36(26)28(37)17-31(2,3)4)43-33-18-20-14-22(42-5)9-12-25(20)27-8-7-13-44-27/h6-9,12-14,18,21,23-24,26H,1,10-11,15-17,19H2,2-5H3,(H,34,38)(H,35,39)/b33-18+/t21-,23?,26?,32+/m1/s1. The second kappa shape index (κ2) is 12.6. The first-order valence-electron chi connectivity index (χ1n) is 15.0. The monoisotopic (exact) mass is 656 g/mol. The van der Waals surface area contributed by atoms with Crippen molar-refractivity contribution in [1.29, 1.82) is 0 Å². The number of hydrogen-bond acceptors (Lipinski definition) is 9. The number of oxime groups is 1. The minimum absolute atomic E-state index is 0.125. The number of benzene rings is 1. The Hall–Kier alpha value is -3.71. The number of amides is 3. The van der Waals surface area contributed by atoms with Gasteiger partial charge in [-0.05, 0) is 54.3 Å². The molecule has 5 rings (SSSR count). The maximum atomic E-state index is 13.8. The number of carbonyl (C=O) groups excluding carboxylic acids is 3. The first kappa shape index (κ1) is 32.7. The summed E-state index contributed by atoms with van der Waals surface area (Å²) in [5, 5.41) is 8.43. The molecule has 0 radical (unpaired) electrons. The van der Waals surface area contributed by atoms with Crippen LogP contribution in [0.25, 0.3) is 10.4 Å². The Morgan fingerprint density at radius 1 is 1.22 bits per heavy atom. The number of likely N-dealkylation sites (tertiary alicyclic amines) is 1. The molecule has 2 unspecified atom stereocenters. The van der Waals surface area contributed by atoms with E-state index in [1.165, 1.54) is 11.0 Å². The molecule has 0 bridgehead atoms. The van der Waals surface area contributed by atoms with Gasteiger partial charge < -0.3 is 19.8 Å². The summed E-state index contributed by atoms with van der Waals surface area (Å²) < 4.78 is 32.5. The van der Waals surface area contributed by atoms with Crippen molar-refractivity contribution in [2.24, 2.45) is 16.5 Å². The molecule has 1 saturated heterocycles. The fraction of sp³-hybridized carbons (Fsp3) is 0.500.